The maximum absolute atomic E-state index is 11.6. The minimum Gasteiger partial charge on any atom is -0.484 e. The molecule has 0 bridgehead atoms. The highest BCUT2D eigenvalue weighted by Crippen LogP contribution is 2.12. The molecule has 0 heterocycles. The summed E-state index contributed by atoms with van der Waals surface area (Å²) in [6, 6.07) is 7.54. The second kappa shape index (κ2) is 7.79. The normalized spacial score (nSPS) is 12.3. The summed E-state index contributed by atoms with van der Waals surface area (Å²) < 4.78 is 5.41. The minimum absolute atomic E-state index is 0.0242. The summed E-state index contributed by atoms with van der Waals surface area (Å²) in [4.78, 5) is 11.6. The van der Waals surface area contributed by atoms with E-state index < -0.39 is 0 Å². The van der Waals surface area contributed by atoms with Crippen LogP contribution in [0.2, 0.25) is 0 Å². The summed E-state index contributed by atoms with van der Waals surface area (Å²) in [5.41, 5.74) is 1.05. The fraction of sp³-hybridized carbons (Fsp3) is 0.533. The number of aliphatic hydroxyl groups is 1. The van der Waals surface area contributed by atoms with Crippen molar-refractivity contribution in [1.82, 2.24) is 5.32 Å². The average Bonchev–Trinajstić information content (AvgIpc) is 2.38. The van der Waals surface area contributed by atoms with Crippen LogP contribution in [0.5, 0.6) is 5.75 Å². The highest BCUT2D eigenvalue weighted by atomic mass is 16.5. The lowest BCUT2D eigenvalue weighted by atomic mass is 10.1. The first-order chi connectivity index (χ1) is 9.02. The molecule has 0 radical (unpaired) electrons. The number of carbonyl (C=O) groups excluding carboxylic acids is 1. The van der Waals surface area contributed by atoms with Gasteiger partial charge < -0.3 is 15.2 Å². The van der Waals surface area contributed by atoms with Gasteiger partial charge in [0.15, 0.2) is 6.61 Å². The third kappa shape index (κ3) is 5.75. The van der Waals surface area contributed by atoms with Gasteiger partial charge in [-0.15, -0.1) is 0 Å². The van der Waals surface area contributed by atoms with Crippen molar-refractivity contribution in [1.29, 1.82) is 0 Å². The molecule has 0 spiro atoms. The first-order valence-electron chi connectivity index (χ1n) is 6.65. The molecule has 106 valence electrons. The average molecular weight is 265 g/mol. The third-order valence-electron chi connectivity index (χ3n) is 3.08. The number of ether oxygens (including phenoxy) is 1. The Morgan fingerprint density at radius 2 is 1.89 bits per heavy atom. The molecule has 1 rings (SSSR count). The van der Waals surface area contributed by atoms with Crippen molar-refractivity contribution in [3.8, 4) is 5.75 Å². The topological polar surface area (TPSA) is 58.6 Å². The zero-order valence-electron chi connectivity index (χ0n) is 11.8. The van der Waals surface area contributed by atoms with Crippen LogP contribution in [0.4, 0.5) is 0 Å². The maximum Gasteiger partial charge on any atom is 0.258 e. The molecule has 0 aliphatic rings. The Bertz CT molecular complexity index is 387. The Labute approximate surface area is 114 Å². The van der Waals surface area contributed by atoms with Gasteiger partial charge in [-0.2, -0.15) is 0 Å². The van der Waals surface area contributed by atoms with Crippen LogP contribution in [0, 0.1) is 5.92 Å². The van der Waals surface area contributed by atoms with E-state index >= 15 is 0 Å². The van der Waals surface area contributed by atoms with Crippen LogP contribution < -0.4 is 10.1 Å². The van der Waals surface area contributed by atoms with Gasteiger partial charge in [-0.1, -0.05) is 26.0 Å². The van der Waals surface area contributed by atoms with Crippen LogP contribution in [-0.2, 0) is 11.2 Å². The summed E-state index contributed by atoms with van der Waals surface area (Å²) >= 11 is 0. The molecule has 0 aliphatic carbocycles. The van der Waals surface area contributed by atoms with Crippen LogP contribution in [-0.4, -0.2) is 30.3 Å². The van der Waals surface area contributed by atoms with E-state index in [9.17, 15) is 4.79 Å². The van der Waals surface area contributed by atoms with Gasteiger partial charge in [0.05, 0.1) is 0 Å². The van der Waals surface area contributed by atoms with E-state index in [1.807, 2.05) is 31.2 Å². The first-order valence-corrected chi connectivity index (χ1v) is 6.65. The van der Waals surface area contributed by atoms with Crippen molar-refractivity contribution in [2.45, 2.75) is 33.2 Å². The van der Waals surface area contributed by atoms with E-state index in [0.717, 1.165) is 5.56 Å². The summed E-state index contributed by atoms with van der Waals surface area (Å²) in [6.07, 6.45) is 0.632. The monoisotopic (exact) mass is 265 g/mol. The molecule has 1 aromatic carbocycles. The van der Waals surface area contributed by atoms with E-state index in [2.05, 4.69) is 19.2 Å². The van der Waals surface area contributed by atoms with Gasteiger partial charge in [-0.05, 0) is 37.0 Å². The smallest absolute Gasteiger partial charge is 0.258 e. The van der Waals surface area contributed by atoms with Gasteiger partial charge in [0.25, 0.3) is 5.91 Å². The van der Waals surface area contributed by atoms with Crippen molar-refractivity contribution in [3.63, 3.8) is 0 Å². The van der Waals surface area contributed by atoms with E-state index in [4.69, 9.17) is 9.84 Å². The molecule has 0 aliphatic heterocycles. The minimum atomic E-state index is -0.111. The Balaban J connectivity index is 2.37. The number of hydrogen-bond donors (Lipinski definition) is 2. The quantitative estimate of drug-likeness (QED) is 0.790. The van der Waals surface area contributed by atoms with E-state index in [1.54, 1.807) is 0 Å². The number of carbonyl (C=O) groups is 1. The molecule has 1 amide bonds. The standard InChI is InChI=1S/C15H23NO3/c1-11(2)12(3)16-15(18)10-19-14-6-4-13(5-7-14)8-9-17/h4-7,11-12,17H,8-10H2,1-3H3,(H,16,18). The lowest BCUT2D eigenvalue weighted by Crippen LogP contribution is -2.38. The number of nitrogens with one attached hydrogen (secondary N) is 1. The predicted molar refractivity (Wildman–Crippen MR) is 75.2 cm³/mol. The Morgan fingerprint density at radius 3 is 2.42 bits per heavy atom. The van der Waals surface area contributed by atoms with E-state index in [-0.39, 0.29) is 25.2 Å². The van der Waals surface area contributed by atoms with Crippen molar-refractivity contribution >= 4 is 5.91 Å². The Hall–Kier alpha value is -1.55. The van der Waals surface area contributed by atoms with Gasteiger partial charge >= 0.3 is 0 Å². The largest absolute Gasteiger partial charge is 0.484 e. The molecule has 2 N–H and O–H groups in total. The molecule has 0 fully saturated rings. The third-order valence-corrected chi connectivity index (χ3v) is 3.08. The van der Waals surface area contributed by atoms with E-state index in [1.165, 1.54) is 0 Å². The lowest BCUT2D eigenvalue weighted by Gasteiger charge is -2.17. The number of benzene rings is 1. The fourth-order valence-electron chi connectivity index (χ4n) is 1.49. The second-order valence-corrected chi connectivity index (χ2v) is 5.01. The zero-order chi connectivity index (χ0) is 14.3. The highest BCUT2D eigenvalue weighted by molar-refractivity contribution is 5.77. The maximum atomic E-state index is 11.6. The van der Waals surface area contributed by atoms with Gasteiger partial charge in [0, 0.05) is 12.6 Å². The molecular formula is C15H23NO3. The number of rotatable bonds is 7. The predicted octanol–water partition coefficient (Wildman–Crippen LogP) is 1.76. The molecule has 0 saturated heterocycles. The molecule has 0 aromatic heterocycles. The molecule has 0 saturated carbocycles. The van der Waals surface area contributed by atoms with Crippen molar-refractivity contribution in [3.05, 3.63) is 29.8 Å². The molecule has 19 heavy (non-hydrogen) atoms. The summed E-state index contributed by atoms with van der Waals surface area (Å²) in [5, 5.41) is 11.7. The van der Waals surface area contributed by atoms with Crippen molar-refractivity contribution < 1.29 is 14.6 Å². The van der Waals surface area contributed by atoms with E-state index in [0.29, 0.717) is 18.1 Å². The van der Waals surface area contributed by atoms with Crippen molar-refractivity contribution in [2.75, 3.05) is 13.2 Å². The highest BCUT2D eigenvalue weighted by Gasteiger charge is 2.10. The molecule has 1 atom stereocenters. The summed E-state index contributed by atoms with van der Waals surface area (Å²) in [5.74, 6) is 0.955. The zero-order valence-corrected chi connectivity index (χ0v) is 11.8. The van der Waals surface area contributed by atoms with Crippen LogP contribution >= 0.6 is 0 Å². The second-order valence-electron chi connectivity index (χ2n) is 5.01. The number of hydrogen-bond acceptors (Lipinski definition) is 3. The summed E-state index contributed by atoms with van der Waals surface area (Å²) in [6.45, 7) is 6.26. The molecule has 4 heteroatoms. The van der Waals surface area contributed by atoms with Gasteiger partial charge in [-0.3, -0.25) is 4.79 Å². The molecule has 1 aromatic rings. The Morgan fingerprint density at radius 1 is 1.26 bits per heavy atom. The molecular weight excluding hydrogens is 242 g/mol. The molecule has 1 unspecified atom stereocenters. The van der Waals surface area contributed by atoms with Crippen LogP contribution in [0.25, 0.3) is 0 Å². The number of aliphatic hydroxyl groups excluding tert-OH is 1. The lowest BCUT2D eigenvalue weighted by molar-refractivity contribution is -0.124. The summed E-state index contributed by atoms with van der Waals surface area (Å²) in [7, 11) is 0. The van der Waals surface area contributed by atoms with Crippen LogP contribution in [0.15, 0.2) is 24.3 Å². The first kappa shape index (κ1) is 15.5. The van der Waals surface area contributed by atoms with Crippen molar-refractivity contribution in [2.24, 2.45) is 5.92 Å². The molecule has 4 nitrogen and oxygen atoms in total. The van der Waals surface area contributed by atoms with Crippen LogP contribution in [0.1, 0.15) is 26.3 Å². The van der Waals surface area contributed by atoms with Crippen LogP contribution in [0.3, 0.4) is 0 Å². The van der Waals surface area contributed by atoms with Gasteiger partial charge in [-0.25, -0.2) is 0 Å². The van der Waals surface area contributed by atoms with Gasteiger partial charge in [0.1, 0.15) is 5.75 Å². The fourth-order valence-corrected chi connectivity index (χ4v) is 1.49. The number of amides is 1. The Kier molecular flexibility index (Phi) is 6.36. The van der Waals surface area contributed by atoms with Gasteiger partial charge in [0.2, 0.25) is 0 Å². The SMILES string of the molecule is CC(C)C(C)NC(=O)COc1ccc(CCO)cc1.